The number of aromatic nitrogens is 1. The van der Waals surface area contributed by atoms with E-state index in [9.17, 15) is 5.11 Å². The highest BCUT2D eigenvalue weighted by molar-refractivity contribution is 9.10. The van der Waals surface area contributed by atoms with Gasteiger partial charge in [0.1, 0.15) is 0 Å². The zero-order valence-corrected chi connectivity index (χ0v) is 12.0. The fourth-order valence-corrected chi connectivity index (χ4v) is 2.75. The van der Waals surface area contributed by atoms with Crippen LogP contribution in [0.4, 0.5) is 0 Å². The Hall–Kier alpha value is -0.800. The fraction of sp³-hybridized carbons (Fsp3) is 0.429. The normalized spacial score (nSPS) is 13.5. The summed E-state index contributed by atoms with van der Waals surface area (Å²) in [7, 11) is 0. The van der Waals surface area contributed by atoms with E-state index in [0.717, 1.165) is 4.47 Å². The van der Waals surface area contributed by atoms with Crippen LogP contribution in [-0.2, 0) is 0 Å². The number of benzene rings is 1. The van der Waals surface area contributed by atoms with Gasteiger partial charge in [0.2, 0.25) is 0 Å². The summed E-state index contributed by atoms with van der Waals surface area (Å²) in [6.45, 7) is 6.59. The lowest BCUT2D eigenvalue weighted by Gasteiger charge is -2.18. The van der Waals surface area contributed by atoms with Crippen molar-refractivity contribution in [1.82, 2.24) is 4.57 Å². The van der Waals surface area contributed by atoms with Crippen molar-refractivity contribution >= 4 is 26.8 Å². The van der Waals surface area contributed by atoms with Crippen molar-refractivity contribution in [3.05, 3.63) is 34.4 Å². The molecule has 0 saturated heterocycles. The number of aliphatic hydroxyl groups is 1. The molecule has 1 heterocycles. The van der Waals surface area contributed by atoms with Crippen LogP contribution >= 0.6 is 15.9 Å². The maximum Gasteiger partial charge on any atom is 0.0511 e. The molecule has 0 spiro atoms. The molecule has 0 bridgehead atoms. The maximum absolute atomic E-state index is 9.36. The first-order valence-corrected chi connectivity index (χ1v) is 6.75. The summed E-state index contributed by atoms with van der Waals surface area (Å²) < 4.78 is 3.42. The lowest BCUT2D eigenvalue weighted by atomic mass is 10.1. The van der Waals surface area contributed by atoms with E-state index in [0.29, 0.717) is 6.04 Å². The number of halogens is 1. The first-order valence-electron chi connectivity index (χ1n) is 5.96. The molecule has 2 rings (SSSR count). The van der Waals surface area contributed by atoms with Gasteiger partial charge < -0.3 is 9.67 Å². The van der Waals surface area contributed by atoms with Crippen molar-refractivity contribution in [2.75, 3.05) is 6.61 Å². The molecule has 0 aliphatic carbocycles. The Kier molecular flexibility index (Phi) is 3.59. The molecule has 0 amide bonds. The highest BCUT2D eigenvalue weighted by Crippen LogP contribution is 2.32. The van der Waals surface area contributed by atoms with E-state index in [1.165, 1.54) is 16.6 Å². The van der Waals surface area contributed by atoms with Crippen LogP contribution in [-0.4, -0.2) is 16.3 Å². The molecule has 0 aliphatic heterocycles. The molecule has 0 fully saturated rings. The number of fused-ring (bicyclic) bond motifs is 1. The SMILES string of the molecule is CC(CO)c1cc2c(Br)cccc2n1C(C)C. The average Bonchev–Trinajstić information content (AvgIpc) is 2.68. The quantitative estimate of drug-likeness (QED) is 0.907. The van der Waals surface area contributed by atoms with Crippen molar-refractivity contribution in [2.24, 2.45) is 0 Å². The van der Waals surface area contributed by atoms with E-state index >= 15 is 0 Å². The average molecular weight is 296 g/mol. The number of hydrogen-bond donors (Lipinski definition) is 1. The molecule has 0 aliphatic rings. The minimum absolute atomic E-state index is 0.164. The Morgan fingerprint density at radius 2 is 2.00 bits per heavy atom. The van der Waals surface area contributed by atoms with Crippen molar-refractivity contribution in [3.63, 3.8) is 0 Å². The molecule has 1 atom stereocenters. The summed E-state index contributed by atoms with van der Waals surface area (Å²) in [5.74, 6) is 0.164. The van der Waals surface area contributed by atoms with Gasteiger partial charge in [-0.1, -0.05) is 28.9 Å². The molecule has 1 unspecified atom stereocenters. The molecular formula is C14H18BrNO. The molecule has 2 nitrogen and oxygen atoms in total. The maximum atomic E-state index is 9.36. The van der Waals surface area contributed by atoms with Crippen molar-refractivity contribution < 1.29 is 5.11 Å². The Bertz CT molecular complexity index is 530. The molecule has 3 heteroatoms. The van der Waals surface area contributed by atoms with Gasteiger partial charge in [-0.2, -0.15) is 0 Å². The minimum Gasteiger partial charge on any atom is -0.396 e. The smallest absolute Gasteiger partial charge is 0.0511 e. The lowest BCUT2D eigenvalue weighted by Crippen LogP contribution is -2.10. The fourth-order valence-electron chi connectivity index (χ4n) is 2.28. The van der Waals surface area contributed by atoms with Crippen molar-refractivity contribution in [1.29, 1.82) is 0 Å². The standard InChI is InChI=1S/C14H18BrNO/c1-9(2)16-13-6-4-5-12(15)11(13)7-14(16)10(3)8-17/h4-7,9-10,17H,8H2,1-3H3. The molecule has 2 aromatic rings. The summed E-state index contributed by atoms with van der Waals surface area (Å²) in [6, 6.07) is 8.82. The highest BCUT2D eigenvalue weighted by atomic mass is 79.9. The van der Waals surface area contributed by atoms with E-state index in [4.69, 9.17) is 0 Å². The second-order valence-corrected chi connectivity index (χ2v) is 5.64. The van der Waals surface area contributed by atoms with Crippen molar-refractivity contribution in [2.45, 2.75) is 32.7 Å². The van der Waals surface area contributed by atoms with E-state index < -0.39 is 0 Å². The van der Waals surface area contributed by atoms with Gasteiger partial charge in [-0.3, -0.25) is 0 Å². The van der Waals surface area contributed by atoms with E-state index in [2.05, 4.69) is 65.5 Å². The summed E-state index contributed by atoms with van der Waals surface area (Å²) in [6.07, 6.45) is 0. The van der Waals surface area contributed by atoms with E-state index in [-0.39, 0.29) is 12.5 Å². The van der Waals surface area contributed by atoms with Crippen LogP contribution in [0.2, 0.25) is 0 Å². The second-order valence-electron chi connectivity index (χ2n) is 4.79. The Labute approximate surface area is 110 Å². The number of hydrogen-bond acceptors (Lipinski definition) is 1. The topological polar surface area (TPSA) is 25.2 Å². The van der Waals surface area contributed by atoms with E-state index in [1.807, 2.05) is 0 Å². The van der Waals surface area contributed by atoms with Gasteiger partial charge in [0.15, 0.2) is 0 Å². The third kappa shape index (κ3) is 2.14. The molecule has 1 aromatic heterocycles. The summed E-state index contributed by atoms with van der Waals surface area (Å²) in [5, 5.41) is 10.6. The monoisotopic (exact) mass is 295 g/mol. The summed E-state index contributed by atoms with van der Waals surface area (Å²) in [4.78, 5) is 0. The van der Waals surface area contributed by atoms with Crippen molar-refractivity contribution in [3.8, 4) is 0 Å². The first kappa shape index (κ1) is 12.7. The van der Waals surface area contributed by atoms with Crippen LogP contribution in [0.15, 0.2) is 28.7 Å². The van der Waals surface area contributed by atoms with E-state index in [1.54, 1.807) is 0 Å². The molecular weight excluding hydrogens is 278 g/mol. The van der Waals surface area contributed by atoms with Gasteiger partial charge in [0, 0.05) is 33.0 Å². The van der Waals surface area contributed by atoms with Crippen LogP contribution in [0.1, 0.15) is 38.4 Å². The zero-order valence-electron chi connectivity index (χ0n) is 10.4. The molecule has 17 heavy (non-hydrogen) atoms. The molecule has 0 saturated carbocycles. The van der Waals surface area contributed by atoms with Gasteiger partial charge in [-0.15, -0.1) is 0 Å². The Morgan fingerprint density at radius 1 is 1.29 bits per heavy atom. The lowest BCUT2D eigenvalue weighted by molar-refractivity contribution is 0.268. The van der Waals surface area contributed by atoms with Crippen LogP contribution in [0.5, 0.6) is 0 Å². The van der Waals surface area contributed by atoms with Gasteiger partial charge in [-0.05, 0) is 32.0 Å². The largest absolute Gasteiger partial charge is 0.396 e. The second kappa shape index (κ2) is 4.83. The summed E-state index contributed by atoms with van der Waals surface area (Å²) in [5.41, 5.74) is 2.43. The van der Waals surface area contributed by atoms with Crippen LogP contribution < -0.4 is 0 Å². The molecule has 0 radical (unpaired) electrons. The van der Waals surface area contributed by atoms with Crippen LogP contribution in [0.25, 0.3) is 10.9 Å². The third-order valence-corrected chi connectivity index (χ3v) is 3.85. The van der Waals surface area contributed by atoms with Gasteiger partial charge >= 0.3 is 0 Å². The van der Waals surface area contributed by atoms with Crippen LogP contribution in [0.3, 0.4) is 0 Å². The Morgan fingerprint density at radius 3 is 2.59 bits per heavy atom. The number of nitrogens with zero attached hydrogens (tertiary/aromatic N) is 1. The number of aliphatic hydroxyl groups excluding tert-OH is 1. The predicted octanol–water partition coefficient (Wildman–Crippen LogP) is 4.08. The predicted molar refractivity (Wildman–Crippen MR) is 75.5 cm³/mol. The van der Waals surface area contributed by atoms with Gasteiger partial charge in [0.25, 0.3) is 0 Å². The van der Waals surface area contributed by atoms with Gasteiger partial charge in [0.05, 0.1) is 6.61 Å². The first-order chi connectivity index (χ1) is 8.06. The van der Waals surface area contributed by atoms with Gasteiger partial charge in [-0.25, -0.2) is 0 Å². The minimum atomic E-state index is 0.164. The van der Waals surface area contributed by atoms with Crippen LogP contribution in [0, 0.1) is 0 Å². The molecule has 1 aromatic carbocycles. The zero-order chi connectivity index (χ0) is 12.6. The number of rotatable bonds is 3. The molecule has 1 N–H and O–H groups in total. The highest BCUT2D eigenvalue weighted by Gasteiger charge is 2.16. The Balaban J connectivity index is 2.75. The summed E-state index contributed by atoms with van der Waals surface area (Å²) >= 11 is 3.59. The third-order valence-electron chi connectivity index (χ3n) is 3.15. The molecule has 92 valence electrons.